The van der Waals surface area contributed by atoms with Crippen LogP contribution < -0.4 is 5.56 Å². The van der Waals surface area contributed by atoms with Gasteiger partial charge in [0.05, 0.1) is 11.0 Å². The van der Waals surface area contributed by atoms with E-state index in [1.54, 1.807) is 7.05 Å². The third-order valence-corrected chi connectivity index (χ3v) is 3.63. The average Bonchev–Trinajstić information content (AvgIpc) is 3.09. The van der Waals surface area contributed by atoms with Crippen LogP contribution in [0.15, 0.2) is 63.8 Å². The van der Waals surface area contributed by atoms with E-state index in [2.05, 4.69) is 15.2 Å². The van der Waals surface area contributed by atoms with Crippen LogP contribution in [0.2, 0.25) is 0 Å². The lowest BCUT2D eigenvalue weighted by atomic mass is 10.2. The van der Waals surface area contributed by atoms with Crippen LogP contribution in [0.1, 0.15) is 0 Å². The van der Waals surface area contributed by atoms with Crippen LogP contribution in [-0.2, 0) is 7.05 Å². The van der Waals surface area contributed by atoms with Crippen molar-refractivity contribution < 1.29 is 4.42 Å². The monoisotopic (exact) mass is 304 g/mol. The van der Waals surface area contributed by atoms with Gasteiger partial charge < -0.3 is 8.98 Å². The largest absolute Gasteiger partial charge is 0.414 e. The molecule has 0 saturated carbocycles. The normalized spacial score (nSPS) is 11.0. The minimum absolute atomic E-state index is 0.121. The summed E-state index contributed by atoms with van der Waals surface area (Å²) in [5.41, 5.74) is 2.13. The van der Waals surface area contributed by atoms with Crippen LogP contribution in [0.25, 0.3) is 34.1 Å². The molecule has 0 spiro atoms. The molecule has 0 unspecified atom stereocenters. The smallest absolute Gasteiger partial charge is 0.282 e. The first-order valence-electron chi connectivity index (χ1n) is 7.09. The highest BCUT2D eigenvalue weighted by Gasteiger charge is 2.17. The summed E-state index contributed by atoms with van der Waals surface area (Å²) in [7, 11) is 1.70. The molecule has 0 aliphatic carbocycles. The average molecular weight is 304 g/mol. The van der Waals surface area contributed by atoms with E-state index < -0.39 is 0 Å². The molecule has 23 heavy (non-hydrogen) atoms. The van der Waals surface area contributed by atoms with E-state index in [1.807, 2.05) is 54.6 Å². The van der Waals surface area contributed by atoms with Crippen molar-refractivity contribution in [2.24, 2.45) is 7.05 Å². The van der Waals surface area contributed by atoms with Crippen molar-refractivity contribution in [2.75, 3.05) is 0 Å². The summed E-state index contributed by atoms with van der Waals surface area (Å²) in [5, 5.41) is 7.99. The molecule has 0 atom stereocenters. The lowest BCUT2D eigenvalue weighted by Crippen LogP contribution is -2.20. The van der Waals surface area contributed by atoms with E-state index in [-0.39, 0.29) is 17.1 Å². The molecule has 2 aromatic heterocycles. The maximum atomic E-state index is 12.5. The molecule has 0 aliphatic heterocycles. The Morgan fingerprint density at radius 1 is 0.913 bits per heavy atom. The number of hydrogen-bond acceptors (Lipinski definition) is 5. The lowest BCUT2D eigenvalue weighted by molar-refractivity contribution is 0.580. The fraction of sp³-hybridized carbons (Fsp3) is 0.0588. The summed E-state index contributed by atoms with van der Waals surface area (Å²) >= 11 is 0. The highest BCUT2D eigenvalue weighted by molar-refractivity contribution is 5.76. The van der Waals surface area contributed by atoms with Gasteiger partial charge in [-0.05, 0) is 24.3 Å². The molecule has 0 aliphatic rings. The number of fused-ring (bicyclic) bond motifs is 1. The molecule has 2 aromatic carbocycles. The van der Waals surface area contributed by atoms with Crippen molar-refractivity contribution in [1.29, 1.82) is 0 Å². The fourth-order valence-corrected chi connectivity index (χ4v) is 2.43. The Bertz CT molecular complexity index is 1050. The van der Waals surface area contributed by atoms with Gasteiger partial charge in [0.25, 0.3) is 11.4 Å². The van der Waals surface area contributed by atoms with E-state index >= 15 is 0 Å². The molecule has 0 N–H and O–H groups in total. The van der Waals surface area contributed by atoms with Crippen LogP contribution >= 0.6 is 0 Å². The second-order valence-electron chi connectivity index (χ2n) is 5.09. The maximum absolute atomic E-state index is 12.5. The third kappa shape index (κ3) is 2.20. The summed E-state index contributed by atoms with van der Waals surface area (Å²) in [4.78, 5) is 16.9. The molecule has 0 saturated heterocycles. The van der Waals surface area contributed by atoms with E-state index in [1.165, 1.54) is 4.57 Å². The van der Waals surface area contributed by atoms with Gasteiger partial charge in [-0.25, -0.2) is 4.98 Å². The van der Waals surface area contributed by atoms with E-state index in [4.69, 9.17) is 4.42 Å². The molecular weight excluding hydrogens is 292 g/mol. The van der Waals surface area contributed by atoms with Crippen LogP contribution in [0, 0.1) is 0 Å². The van der Waals surface area contributed by atoms with Crippen molar-refractivity contribution in [1.82, 2.24) is 19.7 Å². The van der Waals surface area contributed by atoms with Crippen LogP contribution in [-0.4, -0.2) is 19.7 Å². The first kappa shape index (κ1) is 13.4. The molecule has 0 bridgehead atoms. The minimum atomic E-state index is -0.271. The Morgan fingerprint density at radius 2 is 1.61 bits per heavy atom. The van der Waals surface area contributed by atoms with E-state index in [0.29, 0.717) is 11.4 Å². The molecular formula is C17H12N4O2. The van der Waals surface area contributed by atoms with Crippen LogP contribution in [0.4, 0.5) is 0 Å². The quantitative estimate of drug-likeness (QED) is 0.569. The summed E-state index contributed by atoms with van der Waals surface area (Å²) < 4.78 is 7.17. The minimum Gasteiger partial charge on any atom is -0.414 e. The van der Waals surface area contributed by atoms with E-state index in [9.17, 15) is 4.79 Å². The van der Waals surface area contributed by atoms with Gasteiger partial charge in [0, 0.05) is 12.6 Å². The van der Waals surface area contributed by atoms with Crippen molar-refractivity contribution >= 4 is 11.0 Å². The Kier molecular flexibility index (Phi) is 3.01. The highest BCUT2D eigenvalue weighted by Crippen LogP contribution is 2.21. The van der Waals surface area contributed by atoms with Crippen LogP contribution in [0.5, 0.6) is 0 Å². The van der Waals surface area contributed by atoms with Gasteiger partial charge in [0.15, 0.2) is 5.69 Å². The number of para-hydroxylation sites is 2. The van der Waals surface area contributed by atoms with Crippen LogP contribution in [0.3, 0.4) is 0 Å². The lowest BCUT2D eigenvalue weighted by Gasteiger charge is -2.05. The van der Waals surface area contributed by atoms with Gasteiger partial charge in [0.2, 0.25) is 5.89 Å². The van der Waals surface area contributed by atoms with Gasteiger partial charge >= 0.3 is 0 Å². The zero-order valence-corrected chi connectivity index (χ0v) is 12.3. The number of hydrogen-bond donors (Lipinski definition) is 0. The van der Waals surface area contributed by atoms with Gasteiger partial charge in [-0.1, -0.05) is 30.3 Å². The molecule has 0 radical (unpaired) electrons. The highest BCUT2D eigenvalue weighted by atomic mass is 16.4. The molecule has 6 heteroatoms. The molecule has 4 aromatic rings. The zero-order chi connectivity index (χ0) is 15.8. The summed E-state index contributed by atoms with van der Waals surface area (Å²) in [6.45, 7) is 0. The molecule has 0 amide bonds. The standard InChI is InChI=1S/C17H12N4O2/c1-21-13-10-6-5-9-12(13)18-14(17(21)22)16-20-19-15(23-16)11-7-3-2-4-8-11/h2-10H,1H3. The number of benzene rings is 2. The maximum Gasteiger partial charge on any atom is 0.282 e. The van der Waals surface area contributed by atoms with Crippen molar-refractivity contribution in [3.8, 4) is 23.0 Å². The van der Waals surface area contributed by atoms with Gasteiger partial charge in [-0.3, -0.25) is 4.79 Å². The second-order valence-corrected chi connectivity index (χ2v) is 5.09. The van der Waals surface area contributed by atoms with E-state index in [0.717, 1.165) is 11.1 Å². The second kappa shape index (κ2) is 5.17. The summed E-state index contributed by atoms with van der Waals surface area (Å²) in [6, 6.07) is 16.8. The SMILES string of the molecule is Cn1c(=O)c(-c2nnc(-c3ccccc3)o2)nc2ccccc21. The Hall–Kier alpha value is -3.28. The number of aromatic nitrogens is 4. The molecule has 2 heterocycles. The first-order chi connectivity index (χ1) is 11.2. The molecule has 4 rings (SSSR count). The summed E-state index contributed by atoms with van der Waals surface area (Å²) in [6.07, 6.45) is 0. The van der Waals surface area contributed by atoms with Crippen molar-refractivity contribution in [3.05, 3.63) is 65.0 Å². The topological polar surface area (TPSA) is 73.8 Å². The van der Waals surface area contributed by atoms with Gasteiger partial charge in [-0.15, -0.1) is 10.2 Å². The van der Waals surface area contributed by atoms with Gasteiger partial charge in [0.1, 0.15) is 0 Å². The van der Waals surface area contributed by atoms with Crippen molar-refractivity contribution in [3.63, 3.8) is 0 Å². The predicted octanol–water partition coefficient (Wildman–Crippen LogP) is 2.65. The zero-order valence-electron chi connectivity index (χ0n) is 12.3. The number of rotatable bonds is 2. The Balaban J connectivity index is 1.89. The Morgan fingerprint density at radius 3 is 2.43 bits per heavy atom. The first-order valence-corrected chi connectivity index (χ1v) is 7.09. The number of nitrogens with zero attached hydrogens (tertiary/aromatic N) is 4. The summed E-state index contributed by atoms with van der Waals surface area (Å²) in [5.74, 6) is 0.479. The molecule has 112 valence electrons. The molecule has 6 nitrogen and oxygen atoms in total. The molecule has 0 fully saturated rings. The third-order valence-electron chi connectivity index (χ3n) is 3.63. The van der Waals surface area contributed by atoms with Crippen molar-refractivity contribution in [2.45, 2.75) is 0 Å². The number of aryl methyl sites for hydroxylation is 1. The predicted molar refractivity (Wildman–Crippen MR) is 85.7 cm³/mol. The fourth-order valence-electron chi connectivity index (χ4n) is 2.43. The van der Waals surface area contributed by atoms with Gasteiger partial charge in [-0.2, -0.15) is 0 Å². The Labute approximate surface area is 131 Å².